The van der Waals surface area contributed by atoms with E-state index in [1.165, 1.54) is 5.56 Å². The van der Waals surface area contributed by atoms with Gasteiger partial charge in [-0.25, -0.2) is 4.98 Å². The summed E-state index contributed by atoms with van der Waals surface area (Å²) < 4.78 is 8.25. The van der Waals surface area contributed by atoms with Gasteiger partial charge in [-0.05, 0) is 54.5 Å². The van der Waals surface area contributed by atoms with Crippen LogP contribution in [0.4, 0.5) is 0 Å². The fourth-order valence-electron chi connectivity index (χ4n) is 3.82. The summed E-state index contributed by atoms with van der Waals surface area (Å²) in [7, 11) is 0. The molecule has 1 fully saturated rings. The Labute approximate surface area is 184 Å². The van der Waals surface area contributed by atoms with Crippen LogP contribution in [0.15, 0.2) is 48.5 Å². The van der Waals surface area contributed by atoms with Crippen molar-refractivity contribution in [1.29, 1.82) is 0 Å². The first-order chi connectivity index (χ1) is 14.9. The van der Waals surface area contributed by atoms with Crippen LogP contribution in [-0.4, -0.2) is 28.6 Å². The van der Waals surface area contributed by atoms with Gasteiger partial charge >= 0.3 is 0 Å². The number of amides is 1. The molecule has 3 aromatic rings. The molecular weight excluding hydrogens is 386 g/mol. The molecule has 1 N–H and O–H groups in total. The van der Waals surface area contributed by atoms with Crippen LogP contribution >= 0.6 is 0 Å². The van der Waals surface area contributed by atoms with Gasteiger partial charge in [0.1, 0.15) is 11.6 Å². The first-order valence-corrected chi connectivity index (χ1v) is 11.4. The molecule has 0 atom stereocenters. The molecule has 0 unspecified atom stereocenters. The van der Waals surface area contributed by atoms with E-state index >= 15 is 0 Å². The molecule has 1 aromatic heterocycles. The van der Waals surface area contributed by atoms with E-state index in [-0.39, 0.29) is 17.2 Å². The van der Waals surface area contributed by atoms with Gasteiger partial charge < -0.3 is 14.6 Å². The number of ether oxygens (including phenoxy) is 1. The second kappa shape index (κ2) is 9.13. The number of para-hydroxylation sites is 2. The van der Waals surface area contributed by atoms with Crippen LogP contribution in [0.5, 0.6) is 5.75 Å². The smallest absolute Gasteiger partial charge is 0.223 e. The third kappa shape index (κ3) is 5.46. The molecule has 0 radical (unpaired) electrons. The SMILES string of the molecule is CC(C)(C)c1ccc(OCCCn2c(CCNC(=O)C3CC3)nc3ccccc32)cc1. The van der Waals surface area contributed by atoms with Gasteiger partial charge in [0.05, 0.1) is 17.6 Å². The van der Waals surface area contributed by atoms with Gasteiger partial charge in [-0.3, -0.25) is 4.79 Å². The number of rotatable bonds is 9. The zero-order chi connectivity index (χ0) is 21.8. The Kier molecular flexibility index (Phi) is 6.30. The van der Waals surface area contributed by atoms with Gasteiger partial charge in [-0.2, -0.15) is 0 Å². The van der Waals surface area contributed by atoms with Crippen molar-refractivity contribution in [3.8, 4) is 5.75 Å². The van der Waals surface area contributed by atoms with Crippen LogP contribution < -0.4 is 10.1 Å². The van der Waals surface area contributed by atoms with Crippen LogP contribution in [-0.2, 0) is 23.2 Å². The van der Waals surface area contributed by atoms with Crippen molar-refractivity contribution in [2.45, 2.75) is 58.4 Å². The van der Waals surface area contributed by atoms with E-state index in [9.17, 15) is 4.79 Å². The van der Waals surface area contributed by atoms with Crippen LogP contribution in [0.2, 0.25) is 0 Å². The van der Waals surface area contributed by atoms with Crippen LogP contribution in [0.1, 0.15) is 51.4 Å². The Balaban J connectivity index is 1.34. The molecule has 0 aliphatic heterocycles. The summed E-state index contributed by atoms with van der Waals surface area (Å²) in [5.41, 5.74) is 3.60. The fraction of sp³-hybridized carbons (Fsp3) is 0.462. The van der Waals surface area contributed by atoms with Crippen LogP contribution in [0, 0.1) is 5.92 Å². The summed E-state index contributed by atoms with van der Waals surface area (Å²) >= 11 is 0. The van der Waals surface area contributed by atoms with Crippen molar-refractivity contribution in [1.82, 2.24) is 14.9 Å². The average Bonchev–Trinajstić information content (AvgIpc) is 3.54. The van der Waals surface area contributed by atoms with Crippen LogP contribution in [0.3, 0.4) is 0 Å². The van der Waals surface area contributed by atoms with Gasteiger partial charge in [0.25, 0.3) is 0 Å². The monoisotopic (exact) mass is 419 g/mol. The average molecular weight is 420 g/mol. The molecule has 1 heterocycles. The maximum absolute atomic E-state index is 11.9. The zero-order valence-electron chi connectivity index (χ0n) is 18.9. The number of carbonyl (C=O) groups excluding carboxylic acids is 1. The highest BCUT2D eigenvalue weighted by atomic mass is 16.5. The number of nitrogens with one attached hydrogen (secondary N) is 1. The Bertz CT molecular complexity index is 1030. The van der Waals surface area contributed by atoms with E-state index < -0.39 is 0 Å². The van der Waals surface area contributed by atoms with E-state index in [1.54, 1.807) is 0 Å². The minimum absolute atomic E-state index is 0.148. The predicted octanol–water partition coefficient (Wildman–Crippen LogP) is 4.87. The Morgan fingerprint density at radius 1 is 1.13 bits per heavy atom. The standard InChI is InChI=1S/C26H33N3O2/c1-26(2,3)20-11-13-21(14-12-20)31-18-6-17-29-23-8-5-4-7-22(23)28-24(29)15-16-27-25(30)19-9-10-19/h4-5,7-8,11-14,19H,6,9-10,15-18H2,1-3H3,(H,27,30). The fourth-order valence-corrected chi connectivity index (χ4v) is 3.82. The first-order valence-electron chi connectivity index (χ1n) is 11.4. The maximum Gasteiger partial charge on any atom is 0.223 e. The summed E-state index contributed by atoms with van der Waals surface area (Å²) in [6, 6.07) is 16.6. The maximum atomic E-state index is 11.9. The molecule has 0 bridgehead atoms. The number of carbonyl (C=O) groups is 1. The molecular formula is C26H33N3O2. The number of hydrogen-bond donors (Lipinski definition) is 1. The molecule has 4 rings (SSSR count). The molecule has 2 aromatic carbocycles. The van der Waals surface area contributed by atoms with Gasteiger partial charge in [0.15, 0.2) is 0 Å². The Hall–Kier alpha value is -2.82. The van der Waals surface area contributed by atoms with Crippen molar-refractivity contribution in [3.63, 3.8) is 0 Å². The van der Waals surface area contributed by atoms with Gasteiger partial charge in [0.2, 0.25) is 5.91 Å². The lowest BCUT2D eigenvalue weighted by Gasteiger charge is -2.19. The van der Waals surface area contributed by atoms with E-state index in [4.69, 9.17) is 9.72 Å². The number of nitrogens with zero attached hydrogens (tertiary/aromatic N) is 2. The number of aromatic nitrogens is 2. The van der Waals surface area contributed by atoms with Gasteiger partial charge in [-0.1, -0.05) is 45.0 Å². The van der Waals surface area contributed by atoms with E-state index in [2.05, 4.69) is 61.0 Å². The van der Waals surface area contributed by atoms with E-state index in [0.717, 1.165) is 54.8 Å². The molecule has 5 nitrogen and oxygen atoms in total. The Morgan fingerprint density at radius 3 is 2.58 bits per heavy atom. The lowest BCUT2D eigenvalue weighted by molar-refractivity contribution is -0.122. The van der Waals surface area contributed by atoms with E-state index in [1.807, 2.05) is 18.2 Å². The van der Waals surface area contributed by atoms with Crippen molar-refractivity contribution in [2.75, 3.05) is 13.2 Å². The zero-order valence-corrected chi connectivity index (χ0v) is 18.9. The summed E-state index contributed by atoms with van der Waals surface area (Å²) in [4.78, 5) is 16.7. The summed E-state index contributed by atoms with van der Waals surface area (Å²) in [5, 5.41) is 3.05. The number of imidazole rings is 1. The molecule has 0 saturated heterocycles. The molecule has 5 heteroatoms. The topological polar surface area (TPSA) is 56.1 Å². The number of benzene rings is 2. The number of hydrogen-bond acceptors (Lipinski definition) is 3. The summed E-state index contributed by atoms with van der Waals surface area (Å²) in [5.74, 6) is 2.36. The largest absolute Gasteiger partial charge is 0.494 e. The molecule has 1 aliphatic carbocycles. The minimum Gasteiger partial charge on any atom is -0.494 e. The van der Waals surface area contributed by atoms with Gasteiger partial charge in [-0.15, -0.1) is 0 Å². The highest BCUT2D eigenvalue weighted by Crippen LogP contribution is 2.28. The normalized spacial score (nSPS) is 14.0. The molecule has 31 heavy (non-hydrogen) atoms. The third-order valence-electron chi connectivity index (χ3n) is 5.84. The molecule has 1 amide bonds. The summed E-state index contributed by atoms with van der Waals surface area (Å²) in [6.07, 6.45) is 3.69. The van der Waals surface area contributed by atoms with Crippen molar-refractivity contribution >= 4 is 16.9 Å². The second-order valence-electron chi connectivity index (χ2n) is 9.46. The second-order valence-corrected chi connectivity index (χ2v) is 9.46. The summed E-state index contributed by atoms with van der Waals surface area (Å²) in [6.45, 7) is 8.77. The molecule has 1 saturated carbocycles. The minimum atomic E-state index is 0.148. The highest BCUT2D eigenvalue weighted by molar-refractivity contribution is 5.80. The van der Waals surface area contributed by atoms with E-state index in [0.29, 0.717) is 13.2 Å². The Morgan fingerprint density at radius 2 is 1.87 bits per heavy atom. The quantitative estimate of drug-likeness (QED) is 0.503. The molecule has 1 aliphatic rings. The number of fused-ring (bicyclic) bond motifs is 1. The van der Waals surface area contributed by atoms with Crippen molar-refractivity contribution < 1.29 is 9.53 Å². The van der Waals surface area contributed by atoms with Crippen molar-refractivity contribution in [2.24, 2.45) is 5.92 Å². The third-order valence-corrected chi connectivity index (χ3v) is 5.84. The molecule has 164 valence electrons. The van der Waals surface area contributed by atoms with Crippen LogP contribution in [0.25, 0.3) is 11.0 Å². The lowest BCUT2D eigenvalue weighted by atomic mass is 9.87. The molecule has 0 spiro atoms. The highest BCUT2D eigenvalue weighted by Gasteiger charge is 2.29. The predicted molar refractivity (Wildman–Crippen MR) is 124 cm³/mol. The lowest BCUT2D eigenvalue weighted by Crippen LogP contribution is -2.27. The van der Waals surface area contributed by atoms with Crippen molar-refractivity contribution in [3.05, 3.63) is 59.9 Å². The van der Waals surface area contributed by atoms with Gasteiger partial charge in [0, 0.05) is 25.4 Å². The number of aryl methyl sites for hydroxylation is 1. The first kappa shape index (κ1) is 21.4.